The van der Waals surface area contributed by atoms with Crippen LogP contribution in [-0.2, 0) is 22.4 Å². The minimum atomic E-state index is -0.917. The maximum atomic E-state index is 15.8. The number of fused-ring (bicyclic) bond motifs is 3. The third-order valence-electron chi connectivity index (χ3n) is 9.24. The molecular formula is C37H37Cl2F2N3O7. The lowest BCUT2D eigenvalue weighted by molar-refractivity contribution is -0.377. The highest BCUT2D eigenvalue weighted by atomic mass is 35.5. The second kappa shape index (κ2) is 16.7. The minimum absolute atomic E-state index is 0. The zero-order chi connectivity index (χ0) is 35.4. The summed E-state index contributed by atoms with van der Waals surface area (Å²) in [7, 11) is 2.99. The smallest absolute Gasteiger partial charge is 0.415 e. The SMILES string of the molecule is COc1ccc([C@H](Cc2c(Cl)c[nH+]cc2Cl)OC(=O)c2ccc(CN(C(=O)O[C@H]3CN4CCC3CC4)c3ccccc3F)c(F)c2)cc1OC.[OH-]. The molecule has 3 saturated heterocycles. The first kappa shape index (κ1) is 37.8. The van der Waals surface area contributed by atoms with E-state index in [1.807, 2.05) is 0 Å². The normalized spacial score (nSPS) is 18.3. The van der Waals surface area contributed by atoms with Gasteiger partial charge in [0.25, 0.3) is 0 Å². The lowest BCUT2D eigenvalue weighted by atomic mass is 9.86. The van der Waals surface area contributed by atoms with Crippen molar-refractivity contribution >= 4 is 41.0 Å². The van der Waals surface area contributed by atoms with Gasteiger partial charge in [0, 0.05) is 24.1 Å². The number of ether oxygens (including phenoxy) is 4. The van der Waals surface area contributed by atoms with Crippen LogP contribution in [0.15, 0.2) is 73.1 Å². The fourth-order valence-electron chi connectivity index (χ4n) is 6.46. The van der Waals surface area contributed by atoms with Crippen LogP contribution in [0.4, 0.5) is 19.3 Å². The van der Waals surface area contributed by atoms with Crippen LogP contribution in [0.5, 0.6) is 11.5 Å². The highest BCUT2D eigenvalue weighted by molar-refractivity contribution is 6.35. The zero-order valence-corrected chi connectivity index (χ0v) is 29.4. The fourth-order valence-corrected chi connectivity index (χ4v) is 7.00. The van der Waals surface area contributed by atoms with Gasteiger partial charge in [-0.15, -0.1) is 0 Å². The molecule has 3 aromatic carbocycles. The predicted octanol–water partition coefficient (Wildman–Crippen LogP) is 7.30. The van der Waals surface area contributed by atoms with Gasteiger partial charge in [-0.05, 0) is 73.8 Å². The molecule has 10 nitrogen and oxygen atoms in total. The number of nitrogens with one attached hydrogen (secondary N) is 1. The Labute approximate surface area is 304 Å². The van der Waals surface area contributed by atoms with Crippen molar-refractivity contribution in [2.24, 2.45) is 5.92 Å². The maximum Gasteiger partial charge on any atom is 0.415 e. The van der Waals surface area contributed by atoms with E-state index in [0.717, 1.165) is 36.9 Å². The molecule has 3 fully saturated rings. The van der Waals surface area contributed by atoms with E-state index in [4.69, 9.17) is 42.1 Å². The summed E-state index contributed by atoms with van der Waals surface area (Å²) < 4.78 is 53.4. The van der Waals surface area contributed by atoms with Crippen molar-refractivity contribution in [2.75, 3.05) is 38.8 Å². The Hall–Kier alpha value is -4.49. The van der Waals surface area contributed by atoms with E-state index in [1.54, 1.807) is 36.7 Å². The van der Waals surface area contributed by atoms with Crippen LogP contribution in [0, 0.1) is 17.6 Å². The van der Waals surface area contributed by atoms with Crippen molar-refractivity contribution in [1.82, 2.24) is 4.90 Å². The molecule has 3 aliphatic heterocycles. The quantitative estimate of drug-likeness (QED) is 0.147. The van der Waals surface area contributed by atoms with Crippen molar-refractivity contribution in [3.8, 4) is 11.5 Å². The number of carbonyl (C=O) groups excluding carboxylic acids is 2. The number of halogens is 4. The van der Waals surface area contributed by atoms with Gasteiger partial charge >= 0.3 is 12.1 Å². The van der Waals surface area contributed by atoms with E-state index in [-0.39, 0.29) is 47.3 Å². The zero-order valence-electron chi connectivity index (χ0n) is 27.9. The highest BCUT2D eigenvalue weighted by Crippen LogP contribution is 2.36. The third-order valence-corrected chi connectivity index (χ3v) is 9.92. The van der Waals surface area contributed by atoms with Crippen LogP contribution in [0.1, 0.15) is 46.0 Å². The first-order valence-electron chi connectivity index (χ1n) is 16.2. The summed E-state index contributed by atoms with van der Waals surface area (Å²) in [6.07, 6.45) is 3.02. The van der Waals surface area contributed by atoms with Crippen molar-refractivity contribution in [3.63, 3.8) is 0 Å². The van der Waals surface area contributed by atoms with Crippen LogP contribution < -0.4 is 19.4 Å². The Morgan fingerprint density at radius 1 is 0.941 bits per heavy atom. The number of aromatic amines is 1. The highest BCUT2D eigenvalue weighted by Gasteiger charge is 2.38. The lowest BCUT2D eigenvalue weighted by Gasteiger charge is -2.44. The van der Waals surface area contributed by atoms with Gasteiger partial charge in [0.05, 0.1) is 32.0 Å². The standard InChI is InChI=1S/C37H35Cl2F2N3O6.H2O/c1-47-32-10-9-23(16-34(32)48-2)33(17-26-27(38)18-42-19-28(26)39)49-36(45)24-7-8-25(30(41)15-24)20-44(31-6-4-3-5-29(31)40)37(46)50-35-21-43-13-11-22(35)12-14-43;/h3-10,15-16,18-19,22,33,35H,11-14,17,20-21H2,1-2H3;1H2/t33-,35-;/m0./s1. The van der Waals surface area contributed by atoms with Gasteiger partial charge in [0.15, 0.2) is 23.9 Å². The summed E-state index contributed by atoms with van der Waals surface area (Å²) in [5, 5.41) is 0.668. The number of benzene rings is 3. The molecule has 2 N–H and O–H groups in total. The number of para-hydroxylation sites is 1. The molecule has 4 aromatic rings. The van der Waals surface area contributed by atoms with E-state index < -0.39 is 29.8 Å². The summed E-state index contributed by atoms with van der Waals surface area (Å²) in [4.78, 5) is 33.3. The van der Waals surface area contributed by atoms with Crippen LogP contribution in [0.3, 0.4) is 0 Å². The molecular weight excluding hydrogens is 707 g/mol. The second-order valence-corrected chi connectivity index (χ2v) is 13.1. The first-order chi connectivity index (χ1) is 24.1. The number of pyridine rings is 1. The molecule has 3 aliphatic rings. The number of piperidine rings is 3. The Morgan fingerprint density at radius 2 is 1.65 bits per heavy atom. The molecule has 4 heterocycles. The monoisotopic (exact) mass is 743 g/mol. The molecule has 0 spiro atoms. The maximum absolute atomic E-state index is 15.8. The van der Waals surface area contributed by atoms with Crippen molar-refractivity contribution < 1.29 is 47.8 Å². The Kier molecular flexibility index (Phi) is 12.4. The van der Waals surface area contributed by atoms with E-state index >= 15 is 8.78 Å². The van der Waals surface area contributed by atoms with Crippen LogP contribution in [0.2, 0.25) is 10.0 Å². The second-order valence-electron chi connectivity index (χ2n) is 12.2. The van der Waals surface area contributed by atoms with E-state index in [2.05, 4.69) is 9.88 Å². The number of esters is 1. The topological polar surface area (TPSA) is 122 Å². The summed E-state index contributed by atoms with van der Waals surface area (Å²) in [5.74, 6) is -1.16. The Morgan fingerprint density at radius 3 is 2.27 bits per heavy atom. The number of carbonyl (C=O) groups is 2. The molecule has 0 aliphatic carbocycles. The van der Waals surface area contributed by atoms with Crippen LogP contribution >= 0.6 is 23.2 Å². The molecule has 1 amide bonds. The van der Waals surface area contributed by atoms with E-state index in [9.17, 15) is 9.59 Å². The third kappa shape index (κ3) is 8.53. The van der Waals surface area contributed by atoms with Crippen molar-refractivity contribution in [1.29, 1.82) is 0 Å². The van der Waals surface area contributed by atoms with E-state index in [0.29, 0.717) is 39.2 Å². The molecule has 0 saturated carbocycles. The summed E-state index contributed by atoms with van der Waals surface area (Å²) in [6, 6.07) is 14.6. The van der Waals surface area contributed by atoms with E-state index in [1.165, 1.54) is 44.6 Å². The van der Waals surface area contributed by atoms with Gasteiger partial charge in [-0.1, -0.05) is 47.5 Å². The summed E-state index contributed by atoms with van der Waals surface area (Å²) >= 11 is 12.9. The number of hydrogen-bond donors (Lipinski definition) is 0. The van der Waals surface area contributed by atoms with Gasteiger partial charge < -0.3 is 24.4 Å². The van der Waals surface area contributed by atoms with Gasteiger partial charge in [-0.3, -0.25) is 9.80 Å². The fraction of sp³-hybridized carbons (Fsp3) is 0.324. The number of hydrogen-bond acceptors (Lipinski definition) is 8. The van der Waals surface area contributed by atoms with Crippen LogP contribution in [0.25, 0.3) is 0 Å². The molecule has 2 bridgehead atoms. The average Bonchev–Trinajstić information content (AvgIpc) is 3.12. The number of nitrogens with zero attached hydrogens (tertiary/aromatic N) is 2. The number of anilines is 1. The number of aromatic nitrogens is 1. The largest absolute Gasteiger partial charge is 0.870 e. The molecule has 270 valence electrons. The minimum Gasteiger partial charge on any atom is -0.870 e. The average molecular weight is 745 g/mol. The molecule has 1 aromatic heterocycles. The number of amides is 1. The summed E-state index contributed by atoms with van der Waals surface area (Å²) in [5.41, 5.74) is 0.999. The van der Waals surface area contributed by atoms with Gasteiger partial charge in [-0.25, -0.2) is 23.4 Å². The Balaban J connectivity index is 0.00000504. The lowest BCUT2D eigenvalue weighted by Crippen LogP contribution is -2.53. The molecule has 14 heteroatoms. The molecule has 2 atom stereocenters. The number of methoxy groups -OCH3 is 2. The summed E-state index contributed by atoms with van der Waals surface area (Å²) in [6.45, 7) is 2.19. The molecule has 51 heavy (non-hydrogen) atoms. The first-order valence-corrected chi connectivity index (χ1v) is 16.9. The molecule has 0 unspecified atom stereocenters. The van der Waals surface area contributed by atoms with Gasteiger partial charge in [0.2, 0.25) is 0 Å². The van der Waals surface area contributed by atoms with Crippen LogP contribution in [-0.4, -0.2) is 62.4 Å². The molecule has 0 radical (unpaired) electrons. The predicted molar refractivity (Wildman–Crippen MR) is 185 cm³/mol. The molecule has 7 rings (SSSR count). The number of rotatable bonds is 11. The number of H-pyrrole nitrogens is 1. The van der Waals surface area contributed by atoms with Crippen molar-refractivity contribution in [3.05, 3.63) is 117 Å². The van der Waals surface area contributed by atoms with Crippen molar-refractivity contribution in [2.45, 2.75) is 38.0 Å². The van der Waals surface area contributed by atoms with Gasteiger partial charge in [0.1, 0.15) is 33.9 Å². The Bertz CT molecular complexity index is 1860. The van der Waals surface area contributed by atoms with Gasteiger partial charge in [-0.2, -0.15) is 0 Å².